The van der Waals surface area contributed by atoms with Crippen LogP contribution in [-0.2, 0) is 11.2 Å². The molecule has 0 radical (unpaired) electrons. The molecule has 2 heteroatoms. The molecule has 0 saturated carbocycles. The first-order chi connectivity index (χ1) is 6.68. The van der Waals surface area contributed by atoms with Gasteiger partial charge in [-0.1, -0.05) is 6.07 Å². The van der Waals surface area contributed by atoms with Crippen molar-refractivity contribution in [2.75, 3.05) is 0 Å². The maximum atomic E-state index is 11.1. The van der Waals surface area contributed by atoms with E-state index in [0.717, 1.165) is 0 Å². The molecule has 0 bridgehead atoms. The van der Waals surface area contributed by atoms with Gasteiger partial charge in [-0.05, 0) is 52.9 Å². The van der Waals surface area contributed by atoms with E-state index in [2.05, 4.69) is 29.8 Å². The molecule has 0 aromatic heterocycles. The monoisotopic (exact) mass is 204 g/mol. The Balaban J connectivity index is 2.52. The Labute approximate surface area is 87.7 Å². The highest BCUT2D eigenvalue weighted by molar-refractivity contribution is 7.08. The summed E-state index contributed by atoms with van der Waals surface area (Å²) in [4.78, 5) is 11.1. The molecule has 0 spiro atoms. The molecule has 0 atom stereocenters. The largest absolute Gasteiger partial charge is 0.300 e. The highest BCUT2D eigenvalue weighted by Gasteiger charge is 2.13. The van der Waals surface area contributed by atoms with Crippen LogP contribution in [0.5, 0.6) is 0 Å². The molecule has 0 aromatic carbocycles. The average Bonchev–Trinajstić information content (AvgIpc) is 2.44. The third kappa shape index (κ3) is 1.58. The minimum atomic E-state index is 0.228. The van der Waals surface area contributed by atoms with Crippen LogP contribution in [0, 0.1) is 6.92 Å². The Morgan fingerprint density at radius 3 is 2.93 bits per heavy atom. The molecule has 1 heterocycles. The Kier molecular flexibility index (Phi) is 2.38. The summed E-state index contributed by atoms with van der Waals surface area (Å²) in [6, 6.07) is 4.25. The number of carbonyl (C=O) groups is 1. The van der Waals surface area contributed by atoms with Crippen molar-refractivity contribution < 1.29 is 4.79 Å². The number of rotatable bonds is 2. The lowest BCUT2D eigenvalue weighted by Gasteiger charge is -2.01. The Morgan fingerprint density at radius 2 is 2.21 bits per heavy atom. The smallest absolute Gasteiger partial charge is 0.134 e. The van der Waals surface area contributed by atoms with Gasteiger partial charge < -0.3 is 0 Å². The molecule has 2 rings (SSSR count). The third-order valence-electron chi connectivity index (χ3n) is 2.39. The lowest BCUT2D eigenvalue weighted by molar-refractivity contribution is -0.116. The van der Waals surface area contributed by atoms with Gasteiger partial charge in [-0.15, -0.1) is 0 Å². The second-order valence-corrected chi connectivity index (χ2v) is 4.40. The van der Waals surface area contributed by atoms with E-state index in [1.54, 1.807) is 18.3 Å². The predicted octanol–water partition coefficient (Wildman–Crippen LogP) is 3.29. The van der Waals surface area contributed by atoms with Gasteiger partial charge in [-0.3, -0.25) is 4.79 Å². The van der Waals surface area contributed by atoms with Gasteiger partial charge >= 0.3 is 0 Å². The van der Waals surface area contributed by atoms with E-state index in [4.69, 9.17) is 0 Å². The number of ketones is 1. The molecule has 0 amide bonds. The van der Waals surface area contributed by atoms with Gasteiger partial charge in [-0.2, -0.15) is 11.3 Å². The van der Waals surface area contributed by atoms with Gasteiger partial charge in [0.05, 0.1) is 0 Å². The molecule has 14 heavy (non-hydrogen) atoms. The van der Waals surface area contributed by atoms with Gasteiger partial charge in [-0.25, -0.2) is 0 Å². The summed E-state index contributed by atoms with van der Waals surface area (Å²) >= 11 is 1.68. The molecule has 2 aliphatic rings. The summed E-state index contributed by atoms with van der Waals surface area (Å²) in [7, 11) is 0. The standard InChI is InChI=1S/C12H12OS/c1-8-5-10(6-9(2)13)12-7-14-4-3-11(8)12/h3-5,7H,6H2,1-2H3. The zero-order chi connectivity index (χ0) is 10.1. The van der Waals surface area contributed by atoms with Crippen molar-refractivity contribution in [2.24, 2.45) is 0 Å². The molecule has 0 aromatic rings. The summed E-state index contributed by atoms with van der Waals surface area (Å²) in [6.45, 7) is 3.73. The minimum absolute atomic E-state index is 0.228. The van der Waals surface area contributed by atoms with Gasteiger partial charge in [0.15, 0.2) is 0 Å². The van der Waals surface area contributed by atoms with E-state index in [-0.39, 0.29) is 5.78 Å². The van der Waals surface area contributed by atoms with Crippen molar-refractivity contribution in [1.29, 1.82) is 0 Å². The van der Waals surface area contributed by atoms with E-state index in [9.17, 15) is 4.79 Å². The van der Waals surface area contributed by atoms with Crippen molar-refractivity contribution in [3.8, 4) is 11.1 Å². The fourth-order valence-electron chi connectivity index (χ4n) is 1.79. The first kappa shape index (κ1) is 9.41. The highest BCUT2D eigenvalue weighted by atomic mass is 32.1. The summed E-state index contributed by atoms with van der Waals surface area (Å²) in [5.74, 6) is 0.228. The number of fused-ring (bicyclic) bond motifs is 1. The van der Waals surface area contributed by atoms with Crippen LogP contribution in [0.3, 0.4) is 0 Å². The van der Waals surface area contributed by atoms with E-state index in [0.29, 0.717) is 6.42 Å². The lowest BCUT2D eigenvalue weighted by Crippen LogP contribution is -1.95. The normalized spacial score (nSPS) is 10.7. The number of carbonyl (C=O) groups excluding carboxylic acids is 1. The molecule has 1 aliphatic heterocycles. The maximum Gasteiger partial charge on any atom is 0.134 e. The van der Waals surface area contributed by atoms with Crippen LogP contribution in [0.1, 0.15) is 18.1 Å². The van der Waals surface area contributed by atoms with Crippen LogP contribution in [0.25, 0.3) is 11.1 Å². The lowest BCUT2D eigenvalue weighted by atomic mass is 10.1. The summed E-state index contributed by atoms with van der Waals surface area (Å²) < 4.78 is 0. The topological polar surface area (TPSA) is 17.1 Å². The molecule has 0 saturated heterocycles. The zero-order valence-electron chi connectivity index (χ0n) is 8.33. The van der Waals surface area contributed by atoms with Gasteiger partial charge in [0.1, 0.15) is 5.78 Å². The number of hydrogen-bond donors (Lipinski definition) is 0. The molecule has 72 valence electrons. The number of Topliss-reactive ketones (excluding diaryl/α,β-unsaturated/α-hetero) is 1. The zero-order valence-corrected chi connectivity index (χ0v) is 9.15. The van der Waals surface area contributed by atoms with Gasteiger partial charge in [0.2, 0.25) is 0 Å². The third-order valence-corrected chi connectivity index (χ3v) is 3.06. The predicted molar refractivity (Wildman–Crippen MR) is 60.1 cm³/mol. The fraction of sp³-hybridized carbons (Fsp3) is 0.250. The average molecular weight is 204 g/mol. The Bertz CT molecular complexity index is 442. The maximum absolute atomic E-state index is 11.1. The summed E-state index contributed by atoms with van der Waals surface area (Å²) in [5.41, 5.74) is 4.95. The summed E-state index contributed by atoms with van der Waals surface area (Å²) in [6.07, 6.45) is 0.557. The Hall–Kier alpha value is -1.15. The van der Waals surface area contributed by atoms with Crippen molar-refractivity contribution in [3.05, 3.63) is 34.0 Å². The van der Waals surface area contributed by atoms with Crippen LogP contribution in [0.4, 0.5) is 0 Å². The molecular formula is C12H12OS. The van der Waals surface area contributed by atoms with Crippen molar-refractivity contribution in [1.82, 2.24) is 0 Å². The van der Waals surface area contributed by atoms with Gasteiger partial charge in [0.25, 0.3) is 0 Å². The first-order valence-corrected chi connectivity index (χ1v) is 5.56. The van der Waals surface area contributed by atoms with E-state index in [1.807, 2.05) is 0 Å². The minimum Gasteiger partial charge on any atom is -0.300 e. The SMILES string of the molecule is CC(=O)Cc1cc(C)c2ccscc1-2. The number of hydrogen-bond acceptors (Lipinski definition) is 2. The van der Waals surface area contributed by atoms with Crippen molar-refractivity contribution >= 4 is 17.1 Å². The van der Waals surface area contributed by atoms with Gasteiger partial charge in [0, 0.05) is 6.42 Å². The highest BCUT2D eigenvalue weighted by Crippen LogP contribution is 2.33. The Morgan fingerprint density at radius 1 is 1.43 bits per heavy atom. The van der Waals surface area contributed by atoms with E-state index >= 15 is 0 Å². The summed E-state index contributed by atoms with van der Waals surface area (Å²) in [5, 5.41) is 4.20. The van der Waals surface area contributed by atoms with Crippen LogP contribution in [0.2, 0.25) is 0 Å². The molecule has 1 nitrogen and oxygen atoms in total. The number of aryl methyl sites for hydroxylation is 1. The fourth-order valence-corrected chi connectivity index (χ4v) is 2.50. The molecule has 0 unspecified atom stereocenters. The molecule has 0 N–H and O–H groups in total. The quantitative estimate of drug-likeness (QED) is 0.733. The van der Waals surface area contributed by atoms with Crippen LogP contribution < -0.4 is 0 Å². The van der Waals surface area contributed by atoms with Crippen LogP contribution >= 0.6 is 11.3 Å². The second kappa shape index (κ2) is 3.54. The van der Waals surface area contributed by atoms with Crippen molar-refractivity contribution in [3.63, 3.8) is 0 Å². The van der Waals surface area contributed by atoms with Crippen LogP contribution in [0.15, 0.2) is 22.9 Å². The molecule has 0 fully saturated rings. The van der Waals surface area contributed by atoms with Crippen LogP contribution in [-0.4, -0.2) is 5.78 Å². The van der Waals surface area contributed by atoms with E-state index < -0.39 is 0 Å². The second-order valence-electron chi connectivity index (χ2n) is 3.62. The van der Waals surface area contributed by atoms with E-state index in [1.165, 1.54) is 22.3 Å². The first-order valence-electron chi connectivity index (χ1n) is 4.62. The molecule has 1 aliphatic carbocycles. The van der Waals surface area contributed by atoms with Crippen molar-refractivity contribution in [2.45, 2.75) is 20.3 Å². The molecular weight excluding hydrogens is 192 g/mol.